The highest BCUT2D eigenvalue weighted by Crippen LogP contribution is 2.47. The molecule has 0 bridgehead atoms. The first-order valence-electron chi connectivity index (χ1n) is 11.4. The highest BCUT2D eigenvalue weighted by Gasteiger charge is 2.54. The summed E-state index contributed by atoms with van der Waals surface area (Å²) >= 11 is 0. The molecule has 0 amide bonds. The second kappa shape index (κ2) is 10.9. The van der Waals surface area contributed by atoms with E-state index in [4.69, 9.17) is 25.3 Å². The van der Waals surface area contributed by atoms with Crippen LogP contribution in [0, 0.1) is 0 Å². The zero-order valence-electron chi connectivity index (χ0n) is 20.8. The number of anilines is 2. The van der Waals surface area contributed by atoms with Crippen LogP contribution in [0.1, 0.15) is 25.6 Å². The number of nitrogens with two attached hydrogens (primary N) is 2. The Balaban J connectivity index is 1.53. The van der Waals surface area contributed by atoms with Crippen molar-refractivity contribution in [2.45, 2.75) is 50.5 Å². The first-order valence-corrected chi connectivity index (χ1v) is 12.9. The van der Waals surface area contributed by atoms with E-state index in [0.717, 1.165) is 0 Å². The SMILES string of the molecule is COC(=O)[C@H](C)NP(=O)(OCc1cccnc1)OC[C@H]1O[C@@H](n2cnc3c(N)nc(N)nc32)[C@@](C)(O)[C@H]1O. The molecule has 0 saturated carbocycles. The number of esters is 1. The summed E-state index contributed by atoms with van der Waals surface area (Å²) in [6.45, 7) is 2.10. The fourth-order valence-electron chi connectivity index (χ4n) is 3.90. The molecule has 0 aromatic carbocycles. The molecular weight excluding hydrogens is 523 g/mol. The predicted octanol–water partition coefficient (Wildman–Crippen LogP) is -0.112. The van der Waals surface area contributed by atoms with Gasteiger partial charge in [-0.1, -0.05) is 6.07 Å². The number of hydrogen-bond donors (Lipinski definition) is 5. The van der Waals surface area contributed by atoms with Crippen LogP contribution < -0.4 is 16.6 Å². The van der Waals surface area contributed by atoms with Crippen molar-refractivity contribution in [2.75, 3.05) is 25.2 Å². The molecule has 1 fully saturated rings. The van der Waals surface area contributed by atoms with Crippen LogP contribution in [0.3, 0.4) is 0 Å². The van der Waals surface area contributed by atoms with Crippen LogP contribution in [0.4, 0.5) is 11.8 Å². The van der Waals surface area contributed by atoms with Crippen molar-refractivity contribution >= 4 is 36.6 Å². The summed E-state index contributed by atoms with van der Waals surface area (Å²) in [5.74, 6) is -0.791. The van der Waals surface area contributed by atoms with Gasteiger partial charge in [0.05, 0.1) is 26.7 Å². The van der Waals surface area contributed by atoms with Gasteiger partial charge in [-0.15, -0.1) is 0 Å². The molecule has 0 aliphatic carbocycles. The minimum atomic E-state index is -4.18. The number of nitrogens with zero attached hydrogens (tertiary/aromatic N) is 5. The summed E-state index contributed by atoms with van der Waals surface area (Å²) in [5, 5.41) is 24.5. The highest BCUT2D eigenvalue weighted by molar-refractivity contribution is 7.51. The molecule has 0 radical (unpaired) electrons. The molecule has 206 valence electrons. The second-order valence-corrected chi connectivity index (χ2v) is 10.6. The molecule has 7 N–H and O–H groups in total. The summed E-state index contributed by atoms with van der Waals surface area (Å²) in [7, 11) is -3.00. The van der Waals surface area contributed by atoms with E-state index in [2.05, 4.69) is 29.8 Å². The third kappa shape index (κ3) is 5.61. The Morgan fingerprint density at radius 3 is 2.82 bits per heavy atom. The smallest absolute Gasteiger partial charge is 0.406 e. The van der Waals surface area contributed by atoms with Gasteiger partial charge in [0.2, 0.25) is 5.95 Å². The van der Waals surface area contributed by atoms with Gasteiger partial charge in [0.1, 0.15) is 29.4 Å². The quantitative estimate of drug-likeness (QED) is 0.163. The number of carbonyl (C=O) groups is 1. The van der Waals surface area contributed by atoms with Gasteiger partial charge in [-0.05, 0) is 25.5 Å². The fraction of sp³-hybridized carbons (Fsp3) is 0.476. The number of ether oxygens (including phenoxy) is 2. The number of rotatable bonds is 10. The number of carbonyl (C=O) groups excluding carboxylic acids is 1. The first kappa shape index (κ1) is 27.8. The Bertz CT molecular complexity index is 1340. The molecule has 38 heavy (non-hydrogen) atoms. The van der Waals surface area contributed by atoms with Crippen molar-refractivity contribution < 1.29 is 38.1 Å². The molecule has 3 aromatic heterocycles. The number of aliphatic hydroxyl groups is 2. The number of nitrogen functional groups attached to an aromatic ring is 2. The minimum absolute atomic E-state index is 0.0295. The largest absolute Gasteiger partial charge is 0.468 e. The molecule has 4 heterocycles. The summed E-state index contributed by atoms with van der Waals surface area (Å²) in [4.78, 5) is 28.0. The van der Waals surface area contributed by atoms with Gasteiger partial charge < -0.3 is 31.2 Å². The minimum Gasteiger partial charge on any atom is -0.468 e. The average molecular weight is 552 g/mol. The maximum Gasteiger partial charge on any atom is 0.406 e. The molecule has 1 aliphatic heterocycles. The molecule has 1 saturated heterocycles. The van der Waals surface area contributed by atoms with Crippen molar-refractivity contribution in [1.82, 2.24) is 29.6 Å². The van der Waals surface area contributed by atoms with Gasteiger partial charge in [0.25, 0.3) is 0 Å². The Labute approximate surface area is 216 Å². The standard InChI is InChI=1S/C21H29N8O8P/c1-11(18(31)34-3)28-38(33,35-8-12-5-4-6-24-7-12)36-9-13-15(30)21(2,32)19(37-13)29-10-25-14-16(22)26-20(23)27-17(14)29/h4-7,10-11,13,15,19,30,32H,8-9H2,1-3H3,(H,28,33)(H4,22,23,26,27)/t11-,13+,15-,19+,21-,38?/m0/s1. The predicted molar refractivity (Wildman–Crippen MR) is 132 cm³/mol. The van der Waals surface area contributed by atoms with E-state index >= 15 is 0 Å². The monoisotopic (exact) mass is 552 g/mol. The highest BCUT2D eigenvalue weighted by atomic mass is 31.2. The van der Waals surface area contributed by atoms with Crippen molar-refractivity contribution in [3.63, 3.8) is 0 Å². The van der Waals surface area contributed by atoms with Gasteiger partial charge in [-0.25, -0.2) is 14.6 Å². The zero-order valence-corrected chi connectivity index (χ0v) is 21.7. The number of hydrogen-bond acceptors (Lipinski definition) is 14. The van der Waals surface area contributed by atoms with E-state index in [-0.39, 0.29) is 29.5 Å². The van der Waals surface area contributed by atoms with Gasteiger partial charge in [0.15, 0.2) is 17.7 Å². The van der Waals surface area contributed by atoms with Crippen LogP contribution in [0.25, 0.3) is 11.2 Å². The lowest BCUT2D eigenvalue weighted by Gasteiger charge is -2.27. The molecular formula is C21H29N8O8P. The van der Waals surface area contributed by atoms with E-state index < -0.39 is 50.4 Å². The Kier molecular flexibility index (Phi) is 7.94. The number of methoxy groups -OCH3 is 1. The normalized spacial score (nSPS) is 25.8. The van der Waals surface area contributed by atoms with E-state index in [1.54, 1.807) is 18.3 Å². The molecule has 1 unspecified atom stereocenters. The lowest BCUT2D eigenvalue weighted by atomic mass is 9.96. The van der Waals surface area contributed by atoms with Crippen LogP contribution in [0.2, 0.25) is 0 Å². The van der Waals surface area contributed by atoms with Crippen LogP contribution >= 0.6 is 7.75 Å². The molecule has 6 atom stereocenters. The molecule has 17 heteroatoms. The Morgan fingerprint density at radius 2 is 2.13 bits per heavy atom. The number of nitrogens with one attached hydrogen (secondary N) is 1. The van der Waals surface area contributed by atoms with Gasteiger partial charge in [0, 0.05) is 12.4 Å². The second-order valence-electron chi connectivity index (χ2n) is 8.79. The van der Waals surface area contributed by atoms with Gasteiger partial charge in [-0.3, -0.25) is 23.4 Å². The third-order valence-corrected chi connectivity index (χ3v) is 7.57. The summed E-state index contributed by atoms with van der Waals surface area (Å²) in [5.41, 5.74) is 10.7. The van der Waals surface area contributed by atoms with Crippen LogP contribution in [-0.4, -0.2) is 78.3 Å². The van der Waals surface area contributed by atoms with Crippen molar-refractivity contribution in [1.29, 1.82) is 0 Å². The molecule has 3 aromatic rings. The number of imidazole rings is 1. The summed E-state index contributed by atoms with van der Waals surface area (Å²) in [6.07, 6.45) is 0.490. The van der Waals surface area contributed by atoms with Gasteiger partial charge in [-0.2, -0.15) is 9.97 Å². The van der Waals surface area contributed by atoms with E-state index in [9.17, 15) is 19.6 Å². The lowest BCUT2D eigenvalue weighted by molar-refractivity contribution is -0.142. The number of aromatic nitrogens is 5. The summed E-state index contributed by atoms with van der Waals surface area (Å²) in [6, 6.07) is 2.31. The first-order chi connectivity index (χ1) is 17.9. The van der Waals surface area contributed by atoms with E-state index in [1.165, 1.54) is 38.0 Å². The fourth-order valence-corrected chi connectivity index (χ4v) is 5.36. The van der Waals surface area contributed by atoms with Crippen LogP contribution in [0.15, 0.2) is 30.9 Å². The maximum atomic E-state index is 13.6. The van der Waals surface area contributed by atoms with Crippen molar-refractivity contribution in [3.05, 3.63) is 36.4 Å². The van der Waals surface area contributed by atoms with Crippen LogP contribution in [-0.2, 0) is 34.5 Å². The van der Waals surface area contributed by atoms with E-state index in [1.807, 2.05) is 0 Å². The molecule has 0 spiro atoms. The third-order valence-electron chi connectivity index (χ3n) is 5.91. The van der Waals surface area contributed by atoms with Crippen molar-refractivity contribution in [3.8, 4) is 0 Å². The molecule has 16 nitrogen and oxygen atoms in total. The topological polar surface area (TPSA) is 232 Å². The molecule has 1 aliphatic rings. The number of aliphatic hydroxyl groups excluding tert-OH is 1. The zero-order chi connectivity index (χ0) is 27.7. The van der Waals surface area contributed by atoms with Crippen molar-refractivity contribution in [2.24, 2.45) is 0 Å². The lowest BCUT2D eigenvalue weighted by Crippen LogP contribution is -2.44. The molecule has 4 rings (SSSR count). The average Bonchev–Trinajstić information content (AvgIpc) is 3.39. The van der Waals surface area contributed by atoms with Gasteiger partial charge >= 0.3 is 13.7 Å². The van der Waals surface area contributed by atoms with E-state index in [0.29, 0.717) is 5.56 Å². The van der Waals surface area contributed by atoms with Crippen LogP contribution in [0.5, 0.6) is 0 Å². The summed E-state index contributed by atoms with van der Waals surface area (Å²) < 4.78 is 36.6. The number of pyridine rings is 1. The Hall–Kier alpha value is -3.24. The maximum absolute atomic E-state index is 13.6. The number of fused-ring (bicyclic) bond motifs is 1. The Morgan fingerprint density at radius 1 is 1.37 bits per heavy atom.